The summed E-state index contributed by atoms with van der Waals surface area (Å²) in [6.07, 6.45) is 0. The van der Waals surface area contributed by atoms with Gasteiger partial charge in [0.05, 0.1) is 5.29 Å². The molecule has 0 aliphatic carbocycles. The third kappa shape index (κ3) is 3.08. The summed E-state index contributed by atoms with van der Waals surface area (Å²) >= 11 is 0. The first-order valence-corrected chi connectivity index (χ1v) is 7.61. The molecule has 0 spiro atoms. The second-order valence-electron chi connectivity index (χ2n) is 6.05. The van der Waals surface area contributed by atoms with Crippen molar-refractivity contribution in [1.29, 1.82) is 0 Å². The molecule has 2 aromatic carbocycles. The van der Waals surface area contributed by atoms with Crippen molar-refractivity contribution in [3.8, 4) is 5.75 Å². The molecule has 1 radical (unpaired) electrons. The first-order chi connectivity index (χ1) is 11.5. The highest BCUT2D eigenvalue weighted by molar-refractivity contribution is 5.96. The molecule has 0 bridgehead atoms. The number of nitroso groups, excluding NO2 is 1. The summed E-state index contributed by atoms with van der Waals surface area (Å²) in [5.41, 5.74) is 0.852. The lowest BCUT2D eigenvalue weighted by Gasteiger charge is -2.26. The molecule has 6 nitrogen and oxygen atoms in total. The third-order valence-electron chi connectivity index (χ3n) is 3.83. The Morgan fingerprint density at radius 1 is 1.08 bits per heavy atom. The van der Waals surface area contributed by atoms with Crippen molar-refractivity contribution in [2.24, 2.45) is 5.29 Å². The van der Waals surface area contributed by atoms with E-state index < -0.39 is 5.66 Å². The summed E-state index contributed by atoms with van der Waals surface area (Å²) in [7, 11) is 0. The molecule has 24 heavy (non-hydrogen) atoms. The van der Waals surface area contributed by atoms with E-state index in [-0.39, 0.29) is 11.9 Å². The van der Waals surface area contributed by atoms with Crippen LogP contribution in [0.5, 0.6) is 5.75 Å². The van der Waals surface area contributed by atoms with Gasteiger partial charge in [-0.25, -0.2) is 5.01 Å². The smallest absolute Gasteiger partial charge is 0.257 e. The zero-order valence-electron chi connectivity index (χ0n) is 13.5. The van der Waals surface area contributed by atoms with Crippen molar-refractivity contribution in [1.82, 2.24) is 10.3 Å². The number of rotatable bonds is 5. The topological polar surface area (TPSA) is 71.0 Å². The van der Waals surface area contributed by atoms with E-state index in [2.05, 4.69) is 10.6 Å². The highest BCUT2D eigenvalue weighted by atomic mass is 16.5. The molecule has 1 aliphatic rings. The Morgan fingerprint density at radius 3 is 2.38 bits per heavy atom. The van der Waals surface area contributed by atoms with Crippen LogP contribution in [0.25, 0.3) is 0 Å². The van der Waals surface area contributed by atoms with Gasteiger partial charge >= 0.3 is 0 Å². The predicted molar refractivity (Wildman–Crippen MR) is 89.4 cm³/mol. The molecule has 1 amide bonds. The van der Waals surface area contributed by atoms with Gasteiger partial charge in [0.25, 0.3) is 5.91 Å². The number of nitrogens with zero attached hydrogens (tertiary/aromatic N) is 2. The number of carbonyl (C=O) groups is 1. The van der Waals surface area contributed by atoms with Crippen molar-refractivity contribution < 1.29 is 9.53 Å². The second kappa shape index (κ2) is 6.31. The lowest BCUT2D eigenvalue weighted by molar-refractivity contribution is -0.118. The van der Waals surface area contributed by atoms with E-state index >= 15 is 0 Å². The highest BCUT2D eigenvalue weighted by Gasteiger charge is 2.47. The first-order valence-electron chi connectivity index (χ1n) is 7.61. The summed E-state index contributed by atoms with van der Waals surface area (Å²) in [6, 6.07) is 17.1. The molecule has 3 rings (SSSR count). The van der Waals surface area contributed by atoms with Crippen LogP contribution in [0.1, 0.15) is 25.0 Å². The number of ether oxygens (including phenoxy) is 1. The van der Waals surface area contributed by atoms with Crippen LogP contribution in [0.2, 0.25) is 0 Å². The maximum absolute atomic E-state index is 12.1. The van der Waals surface area contributed by atoms with Gasteiger partial charge in [-0.15, -0.1) is 4.91 Å². The molecule has 1 aliphatic heterocycles. The number of carbonyl (C=O) groups excluding carboxylic acids is 1. The van der Waals surface area contributed by atoms with Gasteiger partial charge in [0.2, 0.25) is 6.04 Å². The van der Waals surface area contributed by atoms with Gasteiger partial charge in [0.1, 0.15) is 18.0 Å². The minimum Gasteiger partial charge on any atom is -0.489 e. The second-order valence-corrected chi connectivity index (χ2v) is 6.05. The zero-order valence-corrected chi connectivity index (χ0v) is 13.5. The lowest BCUT2D eigenvalue weighted by Crippen LogP contribution is -2.43. The fourth-order valence-electron chi connectivity index (χ4n) is 2.61. The Kier molecular flexibility index (Phi) is 4.20. The summed E-state index contributed by atoms with van der Waals surface area (Å²) in [5.74, 6) is 0.365. The maximum Gasteiger partial charge on any atom is 0.257 e. The number of nitrogens with one attached hydrogen (secondary N) is 1. The van der Waals surface area contributed by atoms with Crippen molar-refractivity contribution in [2.45, 2.75) is 26.1 Å². The largest absolute Gasteiger partial charge is 0.489 e. The van der Waals surface area contributed by atoms with Crippen molar-refractivity contribution in [3.63, 3.8) is 0 Å². The van der Waals surface area contributed by atoms with E-state index in [0.29, 0.717) is 17.9 Å². The van der Waals surface area contributed by atoms with Crippen LogP contribution < -0.4 is 10.1 Å². The summed E-state index contributed by atoms with van der Waals surface area (Å²) in [5, 5.41) is 6.87. The van der Waals surface area contributed by atoms with E-state index in [4.69, 9.17) is 4.74 Å². The van der Waals surface area contributed by atoms with E-state index in [9.17, 15) is 9.70 Å². The maximum atomic E-state index is 12.1. The minimum absolute atomic E-state index is 0.240. The molecule has 0 unspecified atom stereocenters. The molecule has 0 saturated carbocycles. The lowest BCUT2D eigenvalue weighted by atomic mass is 10.1. The van der Waals surface area contributed by atoms with Gasteiger partial charge in [-0.05, 0) is 37.1 Å². The number of hydrogen-bond donors (Lipinski definition) is 1. The van der Waals surface area contributed by atoms with Gasteiger partial charge in [0, 0.05) is 0 Å². The Labute approximate surface area is 140 Å². The monoisotopic (exact) mass is 324 g/mol. The van der Waals surface area contributed by atoms with Gasteiger partial charge in [-0.1, -0.05) is 42.5 Å². The van der Waals surface area contributed by atoms with Crippen LogP contribution in [0.3, 0.4) is 0 Å². The van der Waals surface area contributed by atoms with Crippen LogP contribution in [0.4, 0.5) is 0 Å². The van der Waals surface area contributed by atoms with Crippen LogP contribution in [-0.4, -0.2) is 16.6 Å². The zero-order chi connectivity index (χ0) is 17.2. The number of hydrogen-bond acceptors (Lipinski definition) is 4. The van der Waals surface area contributed by atoms with Crippen LogP contribution in [-0.2, 0) is 11.4 Å². The Morgan fingerprint density at radius 2 is 1.75 bits per heavy atom. The van der Waals surface area contributed by atoms with E-state index in [1.165, 1.54) is 0 Å². The molecule has 1 fully saturated rings. The fourth-order valence-corrected chi connectivity index (χ4v) is 2.61. The Balaban J connectivity index is 1.72. The van der Waals surface area contributed by atoms with Gasteiger partial charge in [-0.3, -0.25) is 4.79 Å². The number of benzene rings is 2. The van der Waals surface area contributed by atoms with Crippen molar-refractivity contribution >= 4 is 5.91 Å². The van der Waals surface area contributed by atoms with Crippen molar-refractivity contribution in [2.75, 3.05) is 0 Å². The minimum atomic E-state index is -0.837. The summed E-state index contributed by atoms with van der Waals surface area (Å²) in [6.45, 7) is 3.90. The third-order valence-corrected chi connectivity index (χ3v) is 3.83. The molecule has 1 N–H and O–H groups in total. The quantitative estimate of drug-likeness (QED) is 0.858. The first kappa shape index (κ1) is 16.0. The molecule has 123 valence electrons. The Hall–Kier alpha value is -2.89. The van der Waals surface area contributed by atoms with E-state index in [1.807, 2.05) is 30.3 Å². The highest BCUT2D eigenvalue weighted by Crippen LogP contribution is 2.33. The molecule has 1 heterocycles. The number of amides is 1. The summed E-state index contributed by atoms with van der Waals surface area (Å²) in [4.78, 5) is 23.3. The average Bonchev–Trinajstić information content (AvgIpc) is 2.82. The van der Waals surface area contributed by atoms with Gasteiger partial charge in [-0.2, -0.15) is 0 Å². The van der Waals surface area contributed by atoms with Gasteiger partial charge in [0.15, 0.2) is 0 Å². The standard InChI is InChI=1S/C18H18N3O3/c1-18(2)19-17(22)16(21(18)20-23)14-8-10-15(11-9-14)24-12-13-6-4-3-5-7-13/h3-11H,12H2,1-2H3,(H,19,22). The molecule has 0 atom stereocenters. The predicted octanol–water partition coefficient (Wildman–Crippen LogP) is 2.99. The van der Waals surface area contributed by atoms with Crippen LogP contribution in [0, 0.1) is 10.9 Å². The van der Waals surface area contributed by atoms with Crippen molar-refractivity contribution in [3.05, 3.63) is 76.7 Å². The molecule has 0 aromatic heterocycles. The van der Waals surface area contributed by atoms with E-state index in [1.54, 1.807) is 38.1 Å². The van der Waals surface area contributed by atoms with Crippen LogP contribution in [0.15, 0.2) is 59.9 Å². The fraction of sp³-hybridized carbons (Fsp3) is 0.222. The molecule has 1 saturated heterocycles. The normalized spacial score (nSPS) is 16.8. The SMILES string of the molecule is CC1(C)NC(=O)[C](c2ccc(OCc3ccccc3)cc2)N1N=O. The van der Waals surface area contributed by atoms with Crippen LogP contribution >= 0.6 is 0 Å². The van der Waals surface area contributed by atoms with Gasteiger partial charge < -0.3 is 10.1 Å². The molecular formula is C18H18N3O3. The molecular weight excluding hydrogens is 306 g/mol. The van der Waals surface area contributed by atoms with E-state index in [0.717, 1.165) is 10.6 Å². The Bertz CT molecular complexity index is 729. The summed E-state index contributed by atoms with van der Waals surface area (Å²) < 4.78 is 5.72. The molecule has 6 heteroatoms. The molecule has 2 aromatic rings. The average molecular weight is 324 g/mol.